The molecule has 3 heteroatoms. The van der Waals surface area contributed by atoms with Gasteiger partial charge in [0.1, 0.15) is 5.75 Å². The third-order valence-corrected chi connectivity index (χ3v) is 2.89. The van der Waals surface area contributed by atoms with Gasteiger partial charge in [-0.15, -0.1) is 0 Å². The Bertz CT molecular complexity index is 603. The van der Waals surface area contributed by atoms with E-state index in [2.05, 4.69) is 9.97 Å². The Kier molecular flexibility index (Phi) is 3.42. The zero-order valence-electron chi connectivity index (χ0n) is 10.8. The number of benzene rings is 1. The van der Waals surface area contributed by atoms with E-state index in [-0.39, 0.29) is 5.75 Å². The zero-order valence-corrected chi connectivity index (χ0v) is 10.8. The first-order valence-corrected chi connectivity index (χ1v) is 5.88. The Morgan fingerprint density at radius 1 is 1.28 bits per heavy atom. The maximum Gasteiger partial charge on any atom is 0.163 e. The molecule has 1 aromatic carbocycles. The van der Waals surface area contributed by atoms with E-state index in [0.29, 0.717) is 11.4 Å². The number of rotatable bonds is 2. The Morgan fingerprint density at radius 2 is 2.06 bits per heavy atom. The maximum absolute atomic E-state index is 9.88. The Labute approximate surface area is 107 Å². The smallest absolute Gasteiger partial charge is 0.163 e. The summed E-state index contributed by atoms with van der Waals surface area (Å²) in [7, 11) is 0. The van der Waals surface area contributed by atoms with E-state index < -0.39 is 0 Å². The fourth-order valence-electron chi connectivity index (χ4n) is 1.68. The van der Waals surface area contributed by atoms with Crippen LogP contribution in [0, 0.1) is 6.92 Å². The SMILES string of the molecule is C/C=C(\C)c1ccnc(-c2cc(C)ccc2O)n1. The number of hydrogen-bond acceptors (Lipinski definition) is 3. The second-order valence-electron chi connectivity index (χ2n) is 4.26. The van der Waals surface area contributed by atoms with Crippen molar-refractivity contribution in [3.63, 3.8) is 0 Å². The molecule has 0 saturated heterocycles. The molecule has 2 rings (SSSR count). The lowest BCUT2D eigenvalue weighted by atomic mass is 10.1. The molecule has 0 fully saturated rings. The normalized spacial score (nSPS) is 11.6. The highest BCUT2D eigenvalue weighted by Gasteiger charge is 2.08. The summed E-state index contributed by atoms with van der Waals surface area (Å²) in [4.78, 5) is 8.71. The summed E-state index contributed by atoms with van der Waals surface area (Å²) in [5, 5.41) is 9.88. The van der Waals surface area contributed by atoms with Gasteiger partial charge in [-0.2, -0.15) is 0 Å². The molecule has 1 N–H and O–H groups in total. The Morgan fingerprint density at radius 3 is 2.78 bits per heavy atom. The molecule has 0 spiro atoms. The molecule has 0 aliphatic carbocycles. The molecule has 1 heterocycles. The highest BCUT2D eigenvalue weighted by atomic mass is 16.3. The van der Waals surface area contributed by atoms with Crippen molar-refractivity contribution in [2.45, 2.75) is 20.8 Å². The molecule has 0 unspecified atom stereocenters. The Hall–Kier alpha value is -2.16. The molecule has 1 aromatic heterocycles. The summed E-state index contributed by atoms with van der Waals surface area (Å²) >= 11 is 0. The third-order valence-electron chi connectivity index (χ3n) is 2.89. The fourth-order valence-corrected chi connectivity index (χ4v) is 1.68. The van der Waals surface area contributed by atoms with Crippen LogP contribution >= 0.6 is 0 Å². The Balaban J connectivity index is 2.54. The summed E-state index contributed by atoms with van der Waals surface area (Å²) in [6.45, 7) is 5.95. The molecule has 0 bridgehead atoms. The first-order valence-electron chi connectivity index (χ1n) is 5.88. The van der Waals surface area contributed by atoms with Gasteiger partial charge >= 0.3 is 0 Å². The highest BCUT2D eigenvalue weighted by Crippen LogP contribution is 2.27. The number of phenols is 1. The quantitative estimate of drug-likeness (QED) is 0.872. The van der Waals surface area contributed by atoms with Crippen LogP contribution in [0.3, 0.4) is 0 Å². The topological polar surface area (TPSA) is 46.0 Å². The van der Waals surface area contributed by atoms with Crippen molar-refractivity contribution in [2.24, 2.45) is 0 Å². The predicted molar refractivity (Wildman–Crippen MR) is 73.2 cm³/mol. The number of aromatic hydroxyl groups is 1. The van der Waals surface area contributed by atoms with Crippen LogP contribution in [0.25, 0.3) is 17.0 Å². The van der Waals surface area contributed by atoms with Crippen molar-refractivity contribution < 1.29 is 5.11 Å². The van der Waals surface area contributed by atoms with E-state index in [9.17, 15) is 5.11 Å². The number of allylic oxidation sites excluding steroid dienone is 2. The van der Waals surface area contributed by atoms with E-state index in [1.807, 2.05) is 45.0 Å². The van der Waals surface area contributed by atoms with E-state index in [1.54, 1.807) is 12.3 Å². The number of aromatic nitrogens is 2. The fraction of sp³-hybridized carbons (Fsp3) is 0.200. The molecule has 18 heavy (non-hydrogen) atoms. The second kappa shape index (κ2) is 5.00. The minimum Gasteiger partial charge on any atom is -0.507 e. The van der Waals surface area contributed by atoms with Crippen molar-refractivity contribution in [3.05, 3.63) is 47.8 Å². The molecule has 0 radical (unpaired) electrons. The summed E-state index contributed by atoms with van der Waals surface area (Å²) in [5.74, 6) is 0.755. The van der Waals surface area contributed by atoms with E-state index in [1.165, 1.54) is 0 Å². The lowest BCUT2D eigenvalue weighted by Gasteiger charge is -2.06. The number of hydrogen-bond donors (Lipinski definition) is 1. The van der Waals surface area contributed by atoms with Crippen molar-refractivity contribution in [2.75, 3.05) is 0 Å². The van der Waals surface area contributed by atoms with Crippen LogP contribution in [0.4, 0.5) is 0 Å². The van der Waals surface area contributed by atoms with Gasteiger partial charge < -0.3 is 5.11 Å². The average molecular weight is 240 g/mol. The molecular weight excluding hydrogens is 224 g/mol. The number of nitrogens with zero attached hydrogens (tertiary/aromatic N) is 2. The standard InChI is InChI=1S/C15H16N2O/c1-4-11(3)13-7-8-16-15(17-13)12-9-10(2)5-6-14(12)18/h4-9,18H,1-3H3/b11-4+. The van der Waals surface area contributed by atoms with Crippen LogP contribution in [0.2, 0.25) is 0 Å². The van der Waals surface area contributed by atoms with Crippen LogP contribution in [-0.4, -0.2) is 15.1 Å². The summed E-state index contributed by atoms with van der Waals surface area (Å²) in [5.41, 5.74) is 3.70. The van der Waals surface area contributed by atoms with Gasteiger partial charge in [-0.1, -0.05) is 17.7 Å². The number of aryl methyl sites for hydroxylation is 1. The van der Waals surface area contributed by atoms with Gasteiger partial charge in [-0.05, 0) is 44.5 Å². The van der Waals surface area contributed by atoms with E-state index >= 15 is 0 Å². The minimum absolute atomic E-state index is 0.205. The summed E-state index contributed by atoms with van der Waals surface area (Å²) in [6.07, 6.45) is 3.72. The van der Waals surface area contributed by atoms with Crippen molar-refractivity contribution >= 4 is 5.57 Å². The molecule has 0 saturated carbocycles. The molecule has 0 aliphatic heterocycles. The molecule has 0 amide bonds. The van der Waals surface area contributed by atoms with Gasteiger partial charge in [0, 0.05) is 6.20 Å². The highest BCUT2D eigenvalue weighted by molar-refractivity contribution is 5.67. The molecule has 0 aliphatic rings. The van der Waals surface area contributed by atoms with Gasteiger partial charge in [0.05, 0.1) is 11.3 Å². The molecule has 92 valence electrons. The van der Waals surface area contributed by atoms with Crippen molar-refractivity contribution in [1.29, 1.82) is 0 Å². The summed E-state index contributed by atoms with van der Waals surface area (Å²) < 4.78 is 0. The minimum atomic E-state index is 0.205. The lowest BCUT2D eigenvalue weighted by Crippen LogP contribution is -1.94. The van der Waals surface area contributed by atoms with Crippen LogP contribution in [0.15, 0.2) is 36.5 Å². The maximum atomic E-state index is 9.88. The van der Waals surface area contributed by atoms with Crippen molar-refractivity contribution in [1.82, 2.24) is 9.97 Å². The van der Waals surface area contributed by atoms with E-state index in [4.69, 9.17) is 0 Å². The summed E-state index contributed by atoms with van der Waals surface area (Å²) in [6, 6.07) is 7.29. The first kappa shape index (κ1) is 12.3. The largest absolute Gasteiger partial charge is 0.507 e. The molecular formula is C15H16N2O. The third kappa shape index (κ3) is 2.40. The first-order chi connectivity index (χ1) is 8.61. The second-order valence-corrected chi connectivity index (χ2v) is 4.26. The van der Waals surface area contributed by atoms with Crippen LogP contribution in [-0.2, 0) is 0 Å². The molecule has 2 aromatic rings. The van der Waals surface area contributed by atoms with E-state index in [0.717, 1.165) is 16.8 Å². The van der Waals surface area contributed by atoms with Gasteiger partial charge in [0.2, 0.25) is 0 Å². The van der Waals surface area contributed by atoms with Crippen LogP contribution in [0.5, 0.6) is 5.75 Å². The zero-order chi connectivity index (χ0) is 13.1. The van der Waals surface area contributed by atoms with Crippen LogP contribution in [0.1, 0.15) is 25.1 Å². The van der Waals surface area contributed by atoms with Gasteiger partial charge in [-0.25, -0.2) is 9.97 Å². The van der Waals surface area contributed by atoms with Crippen molar-refractivity contribution in [3.8, 4) is 17.1 Å². The predicted octanol–water partition coefficient (Wildman–Crippen LogP) is 3.58. The van der Waals surface area contributed by atoms with Gasteiger partial charge in [0.25, 0.3) is 0 Å². The van der Waals surface area contributed by atoms with Crippen LogP contribution < -0.4 is 0 Å². The monoisotopic (exact) mass is 240 g/mol. The molecule has 3 nitrogen and oxygen atoms in total. The van der Waals surface area contributed by atoms with Gasteiger partial charge in [-0.3, -0.25) is 0 Å². The average Bonchev–Trinajstić information content (AvgIpc) is 2.40. The van der Waals surface area contributed by atoms with Gasteiger partial charge in [0.15, 0.2) is 5.82 Å². The lowest BCUT2D eigenvalue weighted by molar-refractivity contribution is 0.476. The molecule has 0 atom stereocenters. The number of phenolic OH excluding ortho intramolecular Hbond substituents is 1.